The number of aromatic nitrogens is 4. The van der Waals surface area contributed by atoms with Gasteiger partial charge in [0.15, 0.2) is 23.9 Å². The number of carbonyl (C=O) groups is 1. The number of carbonyl (C=O) groups excluding carboxylic acids is 1. The fourth-order valence-electron chi connectivity index (χ4n) is 2.94. The third kappa shape index (κ3) is 5.47. The molecule has 0 aliphatic carbocycles. The second-order valence-electron chi connectivity index (χ2n) is 6.71. The summed E-state index contributed by atoms with van der Waals surface area (Å²) < 4.78 is 12.5. The Balaban J connectivity index is 1.48. The van der Waals surface area contributed by atoms with Gasteiger partial charge in [-0.2, -0.15) is 5.10 Å². The highest BCUT2D eigenvalue weighted by atomic mass is 16.5. The molecule has 2 aromatic heterocycles. The molecule has 0 spiro atoms. The lowest BCUT2D eigenvalue weighted by Gasteiger charge is -2.12. The van der Waals surface area contributed by atoms with E-state index in [1.54, 1.807) is 23.9 Å². The SMILES string of the molecule is COc1ccccc1OCC(=O)NCCNc1cc(-n2nc(C)cc2C)nc(C)n1. The molecule has 1 amide bonds. The highest BCUT2D eigenvalue weighted by Crippen LogP contribution is 2.25. The van der Waals surface area contributed by atoms with Crippen molar-refractivity contribution >= 4 is 11.7 Å². The Morgan fingerprint density at radius 2 is 1.83 bits per heavy atom. The van der Waals surface area contributed by atoms with E-state index in [9.17, 15) is 4.79 Å². The number of benzene rings is 1. The molecule has 0 bridgehead atoms. The first-order valence-corrected chi connectivity index (χ1v) is 9.62. The number of para-hydroxylation sites is 2. The maximum atomic E-state index is 12.0. The molecule has 30 heavy (non-hydrogen) atoms. The molecule has 9 heteroatoms. The van der Waals surface area contributed by atoms with E-state index in [-0.39, 0.29) is 12.5 Å². The highest BCUT2D eigenvalue weighted by Gasteiger charge is 2.09. The molecule has 0 aliphatic rings. The Morgan fingerprint density at radius 1 is 1.07 bits per heavy atom. The van der Waals surface area contributed by atoms with Crippen LogP contribution < -0.4 is 20.1 Å². The Hall–Kier alpha value is -3.62. The molecule has 158 valence electrons. The number of hydrogen-bond acceptors (Lipinski definition) is 7. The zero-order valence-electron chi connectivity index (χ0n) is 17.6. The van der Waals surface area contributed by atoms with E-state index < -0.39 is 0 Å². The molecule has 0 aliphatic heterocycles. The summed E-state index contributed by atoms with van der Waals surface area (Å²) in [5.74, 6) is 2.90. The second kappa shape index (κ2) is 9.73. The molecule has 0 atom stereocenters. The minimum Gasteiger partial charge on any atom is -0.493 e. The molecular formula is C21H26N6O3. The first kappa shape index (κ1) is 21.1. The Labute approximate surface area is 175 Å². The number of nitrogens with zero attached hydrogens (tertiary/aromatic N) is 4. The van der Waals surface area contributed by atoms with Crippen LogP contribution in [0.1, 0.15) is 17.2 Å². The van der Waals surface area contributed by atoms with Crippen molar-refractivity contribution in [2.24, 2.45) is 0 Å². The molecule has 0 saturated carbocycles. The van der Waals surface area contributed by atoms with E-state index in [1.807, 2.05) is 45.0 Å². The fourth-order valence-corrected chi connectivity index (χ4v) is 2.94. The molecule has 3 aromatic rings. The average molecular weight is 410 g/mol. The van der Waals surface area contributed by atoms with Crippen molar-refractivity contribution in [2.75, 3.05) is 32.1 Å². The number of ether oxygens (including phenoxy) is 2. The molecule has 0 fully saturated rings. The van der Waals surface area contributed by atoms with Gasteiger partial charge in [-0.25, -0.2) is 14.6 Å². The van der Waals surface area contributed by atoms with E-state index in [1.165, 1.54) is 0 Å². The maximum absolute atomic E-state index is 12.0. The van der Waals surface area contributed by atoms with E-state index in [4.69, 9.17) is 9.47 Å². The number of aryl methyl sites for hydroxylation is 3. The van der Waals surface area contributed by atoms with Crippen molar-refractivity contribution in [3.05, 3.63) is 53.6 Å². The van der Waals surface area contributed by atoms with Crippen LogP contribution in [0.3, 0.4) is 0 Å². The number of nitrogens with one attached hydrogen (secondary N) is 2. The van der Waals surface area contributed by atoms with E-state index in [0.717, 1.165) is 11.4 Å². The van der Waals surface area contributed by atoms with Gasteiger partial charge in [0, 0.05) is 24.8 Å². The number of amides is 1. The van der Waals surface area contributed by atoms with Crippen molar-refractivity contribution in [1.82, 2.24) is 25.1 Å². The minimum absolute atomic E-state index is 0.0882. The van der Waals surface area contributed by atoms with Gasteiger partial charge in [0.1, 0.15) is 11.6 Å². The van der Waals surface area contributed by atoms with Crippen LogP contribution in [0, 0.1) is 20.8 Å². The van der Waals surface area contributed by atoms with Gasteiger partial charge < -0.3 is 20.1 Å². The molecule has 1 aromatic carbocycles. The topological polar surface area (TPSA) is 103 Å². The summed E-state index contributed by atoms with van der Waals surface area (Å²) >= 11 is 0. The van der Waals surface area contributed by atoms with E-state index >= 15 is 0 Å². The van der Waals surface area contributed by atoms with Gasteiger partial charge in [0.05, 0.1) is 12.8 Å². The standard InChI is InChI=1S/C21H26N6O3/c1-14-11-15(2)27(26-14)20-12-19(24-16(3)25-20)22-9-10-23-21(28)13-30-18-8-6-5-7-17(18)29-4/h5-8,11-12H,9-10,13H2,1-4H3,(H,23,28)(H,22,24,25). The lowest BCUT2D eigenvalue weighted by atomic mass is 10.3. The van der Waals surface area contributed by atoms with Crippen LogP contribution in [0.25, 0.3) is 5.82 Å². The Morgan fingerprint density at radius 3 is 2.53 bits per heavy atom. The summed E-state index contributed by atoms with van der Waals surface area (Å²) in [5.41, 5.74) is 1.93. The van der Waals surface area contributed by atoms with E-state index in [2.05, 4.69) is 25.7 Å². The first-order valence-electron chi connectivity index (χ1n) is 9.62. The van der Waals surface area contributed by atoms with Gasteiger partial charge in [-0.05, 0) is 39.0 Å². The minimum atomic E-state index is -0.218. The van der Waals surface area contributed by atoms with Gasteiger partial charge in [0.25, 0.3) is 5.91 Å². The summed E-state index contributed by atoms with van der Waals surface area (Å²) in [4.78, 5) is 20.9. The van der Waals surface area contributed by atoms with E-state index in [0.29, 0.717) is 42.0 Å². The largest absolute Gasteiger partial charge is 0.493 e. The van der Waals surface area contributed by atoms with Crippen molar-refractivity contribution in [1.29, 1.82) is 0 Å². The normalized spacial score (nSPS) is 10.5. The van der Waals surface area contributed by atoms with Crippen LogP contribution in [0.5, 0.6) is 11.5 Å². The predicted octanol–water partition coefficient (Wildman–Crippen LogP) is 2.20. The number of rotatable bonds is 9. The number of hydrogen-bond donors (Lipinski definition) is 2. The quantitative estimate of drug-likeness (QED) is 0.521. The third-order valence-corrected chi connectivity index (χ3v) is 4.23. The van der Waals surface area contributed by atoms with Crippen molar-refractivity contribution < 1.29 is 14.3 Å². The molecule has 9 nitrogen and oxygen atoms in total. The summed E-state index contributed by atoms with van der Waals surface area (Å²) in [5, 5.41) is 10.5. The average Bonchev–Trinajstić information content (AvgIpc) is 3.07. The number of methoxy groups -OCH3 is 1. The molecule has 2 heterocycles. The maximum Gasteiger partial charge on any atom is 0.258 e. The predicted molar refractivity (Wildman–Crippen MR) is 113 cm³/mol. The summed E-state index contributed by atoms with van der Waals surface area (Å²) in [6.07, 6.45) is 0. The monoisotopic (exact) mass is 410 g/mol. The highest BCUT2D eigenvalue weighted by molar-refractivity contribution is 5.77. The molecular weight excluding hydrogens is 384 g/mol. The van der Waals surface area contributed by atoms with Crippen LogP contribution in [0.4, 0.5) is 5.82 Å². The van der Waals surface area contributed by atoms with Gasteiger partial charge in [-0.1, -0.05) is 12.1 Å². The molecule has 2 N–H and O–H groups in total. The molecule has 0 radical (unpaired) electrons. The first-order chi connectivity index (χ1) is 14.5. The number of anilines is 1. The van der Waals surface area contributed by atoms with Crippen LogP contribution in [-0.4, -0.2) is 52.5 Å². The van der Waals surface area contributed by atoms with Crippen LogP contribution in [0.15, 0.2) is 36.4 Å². The van der Waals surface area contributed by atoms with Crippen LogP contribution in [0.2, 0.25) is 0 Å². The zero-order valence-corrected chi connectivity index (χ0v) is 17.6. The smallest absolute Gasteiger partial charge is 0.258 e. The van der Waals surface area contributed by atoms with Gasteiger partial charge >= 0.3 is 0 Å². The molecule has 0 saturated heterocycles. The van der Waals surface area contributed by atoms with Crippen LogP contribution in [-0.2, 0) is 4.79 Å². The molecule has 0 unspecified atom stereocenters. The van der Waals surface area contributed by atoms with Gasteiger partial charge in [0.2, 0.25) is 0 Å². The van der Waals surface area contributed by atoms with Crippen molar-refractivity contribution in [3.63, 3.8) is 0 Å². The summed E-state index contributed by atoms with van der Waals surface area (Å²) in [6, 6.07) is 11.0. The van der Waals surface area contributed by atoms with Crippen molar-refractivity contribution in [2.45, 2.75) is 20.8 Å². The molecule has 3 rings (SSSR count). The lowest BCUT2D eigenvalue weighted by Crippen LogP contribution is -2.32. The van der Waals surface area contributed by atoms with Crippen molar-refractivity contribution in [3.8, 4) is 17.3 Å². The Kier molecular flexibility index (Phi) is 6.84. The lowest BCUT2D eigenvalue weighted by molar-refractivity contribution is -0.123. The fraction of sp³-hybridized carbons (Fsp3) is 0.333. The van der Waals surface area contributed by atoms with Gasteiger partial charge in [-0.15, -0.1) is 0 Å². The van der Waals surface area contributed by atoms with Gasteiger partial charge in [-0.3, -0.25) is 4.79 Å². The third-order valence-electron chi connectivity index (χ3n) is 4.23. The summed E-state index contributed by atoms with van der Waals surface area (Å²) in [7, 11) is 1.56. The second-order valence-corrected chi connectivity index (χ2v) is 6.71. The summed E-state index contributed by atoms with van der Waals surface area (Å²) in [6.45, 7) is 6.59. The van der Waals surface area contributed by atoms with Crippen LogP contribution >= 0.6 is 0 Å². The zero-order chi connectivity index (χ0) is 21.5. The Bertz CT molecular complexity index is 1020.